The van der Waals surface area contributed by atoms with Gasteiger partial charge >= 0.3 is 11.9 Å². The second-order valence-corrected chi connectivity index (χ2v) is 4.57. The van der Waals surface area contributed by atoms with Crippen LogP contribution in [0, 0.1) is 11.3 Å². The minimum Gasteiger partial charge on any atom is -0.466 e. The molecule has 0 fully saturated rings. The Morgan fingerprint density at radius 3 is 2.56 bits per heavy atom. The minimum absolute atomic E-state index is 0.298. The van der Waals surface area contributed by atoms with E-state index in [2.05, 4.69) is 5.32 Å². The number of rotatable bonds is 4. The lowest BCUT2D eigenvalue weighted by molar-refractivity contribution is -0.166. The average molecular weight is 255 g/mol. The fraction of sp³-hybridized carbons (Fsp3) is 0.692. The monoisotopic (exact) mass is 255 g/mol. The topological polar surface area (TPSA) is 64.6 Å². The number of carbonyl (C=O) groups excluding carboxylic acids is 2. The lowest BCUT2D eigenvalue weighted by atomic mass is 9.74. The highest BCUT2D eigenvalue weighted by molar-refractivity contribution is 5.87. The molecule has 0 radical (unpaired) electrons. The Kier molecular flexibility index (Phi) is 4.76. The van der Waals surface area contributed by atoms with E-state index < -0.39 is 11.3 Å². The van der Waals surface area contributed by atoms with Crippen LogP contribution < -0.4 is 5.32 Å². The van der Waals surface area contributed by atoms with Gasteiger partial charge in [-0.05, 0) is 27.7 Å². The molecule has 102 valence electrons. The SMILES string of the molecule is CCOC(=O)C1C=C(C)NCC1(C)C(=O)OCC. The third-order valence-corrected chi connectivity index (χ3v) is 3.12. The van der Waals surface area contributed by atoms with E-state index in [-0.39, 0.29) is 11.9 Å². The van der Waals surface area contributed by atoms with Gasteiger partial charge in [0.25, 0.3) is 0 Å². The molecule has 1 N–H and O–H groups in total. The first-order chi connectivity index (χ1) is 8.45. The first-order valence-corrected chi connectivity index (χ1v) is 6.21. The molecule has 0 amide bonds. The first-order valence-electron chi connectivity index (χ1n) is 6.21. The molecule has 0 bridgehead atoms. The van der Waals surface area contributed by atoms with Crippen LogP contribution in [0.25, 0.3) is 0 Å². The first kappa shape index (κ1) is 14.5. The summed E-state index contributed by atoms with van der Waals surface area (Å²) in [6, 6.07) is 0. The lowest BCUT2D eigenvalue weighted by Crippen LogP contribution is -2.50. The van der Waals surface area contributed by atoms with Crippen LogP contribution in [0.2, 0.25) is 0 Å². The van der Waals surface area contributed by atoms with E-state index in [1.165, 1.54) is 0 Å². The lowest BCUT2D eigenvalue weighted by Gasteiger charge is -2.36. The maximum absolute atomic E-state index is 12.0. The molecule has 0 saturated carbocycles. The van der Waals surface area contributed by atoms with Crippen LogP contribution in [0.5, 0.6) is 0 Å². The number of nitrogens with one attached hydrogen (secondary N) is 1. The highest BCUT2D eigenvalue weighted by Crippen LogP contribution is 2.34. The van der Waals surface area contributed by atoms with E-state index in [4.69, 9.17) is 9.47 Å². The number of hydrogen-bond donors (Lipinski definition) is 1. The molecule has 2 unspecified atom stereocenters. The molecular weight excluding hydrogens is 234 g/mol. The van der Waals surface area contributed by atoms with Crippen molar-refractivity contribution in [3.63, 3.8) is 0 Å². The van der Waals surface area contributed by atoms with Crippen molar-refractivity contribution in [1.29, 1.82) is 0 Å². The Bertz CT molecular complexity index is 364. The highest BCUT2D eigenvalue weighted by atomic mass is 16.5. The van der Waals surface area contributed by atoms with Gasteiger partial charge in [0.2, 0.25) is 0 Å². The van der Waals surface area contributed by atoms with Crippen LogP contribution in [0.15, 0.2) is 11.8 Å². The molecule has 0 aliphatic carbocycles. The Hall–Kier alpha value is -1.52. The molecule has 0 aromatic carbocycles. The zero-order valence-corrected chi connectivity index (χ0v) is 11.4. The van der Waals surface area contributed by atoms with Crippen molar-refractivity contribution >= 4 is 11.9 Å². The predicted octanol–water partition coefficient (Wildman–Crippen LogP) is 1.24. The summed E-state index contributed by atoms with van der Waals surface area (Å²) in [5.74, 6) is -1.36. The van der Waals surface area contributed by atoms with Gasteiger partial charge in [0.1, 0.15) is 0 Å². The van der Waals surface area contributed by atoms with Crippen molar-refractivity contribution < 1.29 is 19.1 Å². The molecule has 1 aliphatic heterocycles. The third kappa shape index (κ3) is 2.83. The van der Waals surface area contributed by atoms with Crippen molar-refractivity contribution in [2.75, 3.05) is 19.8 Å². The largest absolute Gasteiger partial charge is 0.466 e. The summed E-state index contributed by atoms with van der Waals surface area (Å²) in [6.07, 6.45) is 1.73. The van der Waals surface area contributed by atoms with E-state index in [9.17, 15) is 9.59 Å². The Labute approximate surface area is 108 Å². The van der Waals surface area contributed by atoms with Crippen molar-refractivity contribution in [3.8, 4) is 0 Å². The number of ether oxygens (including phenoxy) is 2. The summed E-state index contributed by atoms with van der Waals surface area (Å²) in [7, 11) is 0. The molecule has 5 heteroatoms. The van der Waals surface area contributed by atoms with Gasteiger partial charge in [-0.15, -0.1) is 0 Å². The molecule has 1 heterocycles. The molecule has 0 aromatic rings. The average Bonchev–Trinajstić information content (AvgIpc) is 2.33. The van der Waals surface area contributed by atoms with Crippen molar-refractivity contribution in [2.45, 2.75) is 27.7 Å². The van der Waals surface area contributed by atoms with Gasteiger partial charge in [0.15, 0.2) is 0 Å². The smallest absolute Gasteiger partial charge is 0.314 e. The number of hydrogen-bond acceptors (Lipinski definition) is 5. The summed E-state index contributed by atoms with van der Waals surface area (Å²) in [5.41, 5.74) is -0.0447. The summed E-state index contributed by atoms with van der Waals surface area (Å²) in [5, 5.41) is 3.09. The fourth-order valence-electron chi connectivity index (χ4n) is 1.98. The summed E-state index contributed by atoms with van der Waals surface area (Å²) in [6.45, 7) is 8.05. The van der Waals surface area contributed by atoms with Crippen molar-refractivity contribution in [3.05, 3.63) is 11.8 Å². The van der Waals surface area contributed by atoms with Crippen LogP contribution in [-0.2, 0) is 19.1 Å². The van der Waals surface area contributed by atoms with Crippen LogP contribution in [0.3, 0.4) is 0 Å². The molecule has 1 aliphatic rings. The standard InChI is InChI=1S/C13H21NO4/c1-5-17-11(15)10-7-9(3)14-8-13(10,4)12(16)18-6-2/h7,10,14H,5-6,8H2,1-4H3. The van der Waals surface area contributed by atoms with E-state index in [0.717, 1.165) is 5.70 Å². The van der Waals surface area contributed by atoms with E-state index in [1.54, 1.807) is 26.8 Å². The second-order valence-electron chi connectivity index (χ2n) is 4.57. The van der Waals surface area contributed by atoms with Gasteiger partial charge in [-0.25, -0.2) is 0 Å². The molecule has 0 aromatic heterocycles. The fourth-order valence-corrected chi connectivity index (χ4v) is 1.98. The number of carbonyl (C=O) groups is 2. The Balaban J connectivity index is 3.00. The molecule has 0 saturated heterocycles. The molecule has 2 atom stereocenters. The molecule has 0 spiro atoms. The van der Waals surface area contributed by atoms with Crippen molar-refractivity contribution in [1.82, 2.24) is 5.32 Å². The molecule has 18 heavy (non-hydrogen) atoms. The zero-order valence-electron chi connectivity index (χ0n) is 11.4. The third-order valence-electron chi connectivity index (χ3n) is 3.12. The van der Waals surface area contributed by atoms with Gasteiger partial charge in [0.05, 0.1) is 24.5 Å². The van der Waals surface area contributed by atoms with Crippen LogP contribution in [-0.4, -0.2) is 31.7 Å². The highest BCUT2D eigenvalue weighted by Gasteiger charge is 2.48. The van der Waals surface area contributed by atoms with Crippen LogP contribution in [0.1, 0.15) is 27.7 Å². The minimum atomic E-state index is -0.915. The van der Waals surface area contributed by atoms with Gasteiger partial charge < -0.3 is 14.8 Å². The summed E-state index contributed by atoms with van der Waals surface area (Å²) >= 11 is 0. The molecule has 5 nitrogen and oxygen atoms in total. The second kappa shape index (κ2) is 5.89. The van der Waals surface area contributed by atoms with E-state index in [1.807, 2.05) is 6.92 Å². The Morgan fingerprint density at radius 2 is 2.00 bits per heavy atom. The molecule has 1 rings (SSSR count). The van der Waals surface area contributed by atoms with Crippen LogP contribution in [0.4, 0.5) is 0 Å². The summed E-state index contributed by atoms with van der Waals surface area (Å²) in [4.78, 5) is 24.0. The van der Waals surface area contributed by atoms with E-state index in [0.29, 0.717) is 19.8 Å². The van der Waals surface area contributed by atoms with Crippen LogP contribution >= 0.6 is 0 Å². The zero-order chi connectivity index (χ0) is 13.8. The van der Waals surface area contributed by atoms with Gasteiger partial charge in [0, 0.05) is 12.2 Å². The van der Waals surface area contributed by atoms with Crippen molar-refractivity contribution in [2.24, 2.45) is 11.3 Å². The summed E-state index contributed by atoms with van der Waals surface area (Å²) < 4.78 is 10.1. The maximum Gasteiger partial charge on any atom is 0.314 e. The number of esters is 2. The van der Waals surface area contributed by atoms with Gasteiger partial charge in [-0.2, -0.15) is 0 Å². The quantitative estimate of drug-likeness (QED) is 0.766. The Morgan fingerprint density at radius 1 is 1.39 bits per heavy atom. The molecular formula is C13H21NO4. The van der Waals surface area contributed by atoms with Gasteiger partial charge in [-0.1, -0.05) is 6.08 Å². The van der Waals surface area contributed by atoms with E-state index >= 15 is 0 Å². The van der Waals surface area contributed by atoms with Gasteiger partial charge in [-0.3, -0.25) is 9.59 Å². The normalized spacial score (nSPS) is 26.9. The predicted molar refractivity (Wildman–Crippen MR) is 66.6 cm³/mol. The maximum atomic E-state index is 12.0. The number of allylic oxidation sites excluding steroid dienone is 1.